The Balaban J connectivity index is 1.55. The van der Waals surface area contributed by atoms with E-state index >= 15 is 0 Å². The standard InChI is InChI=1S/C21H21N3O3S/c1-14-5-3-4-6-19(14)27-11-20(25)22-21-17-12-28-13-18(17)23-24(21)15-7-9-16(26-2)10-8-15/h3-10H,11-13H2,1-2H3,(H,22,25). The van der Waals surface area contributed by atoms with Gasteiger partial charge in [-0.3, -0.25) is 4.79 Å². The summed E-state index contributed by atoms with van der Waals surface area (Å²) < 4.78 is 12.7. The Morgan fingerprint density at radius 3 is 2.71 bits per heavy atom. The van der Waals surface area contributed by atoms with Gasteiger partial charge in [0.25, 0.3) is 5.91 Å². The van der Waals surface area contributed by atoms with E-state index in [1.54, 1.807) is 23.6 Å². The average Bonchev–Trinajstić information content (AvgIpc) is 3.30. The molecule has 0 bridgehead atoms. The minimum Gasteiger partial charge on any atom is -0.497 e. The topological polar surface area (TPSA) is 65.4 Å². The molecule has 0 fully saturated rings. The van der Waals surface area contributed by atoms with Gasteiger partial charge in [-0.15, -0.1) is 0 Å². The van der Waals surface area contributed by atoms with Gasteiger partial charge in [-0.1, -0.05) is 18.2 Å². The zero-order chi connectivity index (χ0) is 19.5. The molecule has 0 aliphatic carbocycles. The third kappa shape index (κ3) is 3.71. The number of aryl methyl sites for hydroxylation is 1. The number of thioether (sulfide) groups is 1. The quantitative estimate of drug-likeness (QED) is 0.685. The number of para-hydroxylation sites is 1. The van der Waals surface area contributed by atoms with E-state index in [9.17, 15) is 4.79 Å². The van der Waals surface area contributed by atoms with Gasteiger partial charge in [0.05, 0.1) is 18.5 Å². The second-order valence-electron chi connectivity index (χ2n) is 6.48. The molecule has 3 aromatic rings. The number of methoxy groups -OCH3 is 1. The van der Waals surface area contributed by atoms with Crippen molar-refractivity contribution in [3.05, 3.63) is 65.4 Å². The highest BCUT2D eigenvalue weighted by molar-refractivity contribution is 7.98. The molecule has 144 valence electrons. The van der Waals surface area contributed by atoms with Crippen LogP contribution in [0.1, 0.15) is 16.8 Å². The van der Waals surface area contributed by atoms with Crippen molar-refractivity contribution in [2.45, 2.75) is 18.4 Å². The predicted molar refractivity (Wildman–Crippen MR) is 110 cm³/mol. The van der Waals surface area contributed by atoms with E-state index in [0.717, 1.165) is 39.8 Å². The van der Waals surface area contributed by atoms with Gasteiger partial charge < -0.3 is 14.8 Å². The number of hydrogen-bond acceptors (Lipinski definition) is 5. The molecule has 0 spiro atoms. The minimum atomic E-state index is -0.211. The third-order valence-electron chi connectivity index (χ3n) is 4.58. The maximum absolute atomic E-state index is 12.6. The summed E-state index contributed by atoms with van der Waals surface area (Å²) in [5.74, 6) is 3.67. The van der Waals surface area contributed by atoms with Crippen LogP contribution in [0.5, 0.6) is 11.5 Å². The van der Waals surface area contributed by atoms with Crippen molar-refractivity contribution in [2.75, 3.05) is 19.0 Å². The highest BCUT2D eigenvalue weighted by atomic mass is 32.2. The van der Waals surface area contributed by atoms with E-state index in [4.69, 9.17) is 14.6 Å². The zero-order valence-electron chi connectivity index (χ0n) is 15.8. The molecule has 1 amide bonds. The Kier molecular flexibility index (Phi) is 5.25. The lowest BCUT2D eigenvalue weighted by molar-refractivity contribution is -0.118. The summed E-state index contributed by atoms with van der Waals surface area (Å²) in [6.07, 6.45) is 0. The number of carbonyl (C=O) groups is 1. The number of carbonyl (C=O) groups excluding carboxylic acids is 1. The summed E-state index contributed by atoms with van der Waals surface area (Å²) in [7, 11) is 1.63. The van der Waals surface area contributed by atoms with Gasteiger partial charge >= 0.3 is 0 Å². The van der Waals surface area contributed by atoms with Gasteiger partial charge in [-0.2, -0.15) is 16.9 Å². The maximum Gasteiger partial charge on any atom is 0.263 e. The SMILES string of the molecule is COc1ccc(-n2nc3c(c2NC(=O)COc2ccccc2C)CSC3)cc1. The van der Waals surface area contributed by atoms with Crippen LogP contribution in [-0.4, -0.2) is 29.4 Å². The average molecular weight is 395 g/mol. The molecule has 1 aromatic heterocycles. The summed E-state index contributed by atoms with van der Waals surface area (Å²) in [5.41, 5.74) is 3.95. The summed E-state index contributed by atoms with van der Waals surface area (Å²) in [6.45, 7) is 1.90. The van der Waals surface area contributed by atoms with Crippen LogP contribution in [0.4, 0.5) is 5.82 Å². The molecule has 0 unspecified atom stereocenters. The predicted octanol–water partition coefficient (Wildman–Crippen LogP) is 3.95. The number of fused-ring (bicyclic) bond motifs is 1. The smallest absolute Gasteiger partial charge is 0.263 e. The number of rotatable bonds is 6. The van der Waals surface area contributed by atoms with E-state index in [1.807, 2.05) is 55.5 Å². The Morgan fingerprint density at radius 2 is 1.96 bits per heavy atom. The largest absolute Gasteiger partial charge is 0.497 e. The third-order valence-corrected chi connectivity index (χ3v) is 5.55. The molecule has 0 saturated heterocycles. The first kappa shape index (κ1) is 18.4. The van der Waals surface area contributed by atoms with Gasteiger partial charge in [-0.25, -0.2) is 4.68 Å². The normalized spacial score (nSPS) is 12.5. The first-order chi connectivity index (χ1) is 13.7. The fourth-order valence-corrected chi connectivity index (χ4v) is 4.12. The molecule has 0 atom stereocenters. The van der Waals surface area contributed by atoms with Crippen molar-refractivity contribution in [1.29, 1.82) is 0 Å². The summed E-state index contributed by atoms with van der Waals surface area (Å²) >= 11 is 1.79. The number of anilines is 1. The number of nitrogens with one attached hydrogen (secondary N) is 1. The van der Waals surface area contributed by atoms with Crippen LogP contribution in [0, 0.1) is 6.92 Å². The molecule has 0 saturated carbocycles. The molecule has 7 heteroatoms. The van der Waals surface area contributed by atoms with E-state index < -0.39 is 0 Å². The molecule has 28 heavy (non-hydrogen) atoms. The summed E-state index contributed by atoms with van der Waals surface area (Å²) in [5, 5.41) is 7.70. The van der Waals surface area contributed by atoms with Crippen molar-refractivity contribution < 1.29 is 14.3 Å². The number of amides is 1. The van der Waals surface area contributed by atoms with E-state index in [0.29, 0.717) is 11.6 Å². The molecular weight excluding hydrogens is 374 g/mol. The molecule has 1 N–H and O–H groups in total. The van der Waals surface area contributed by atoms with Gasteiger partial charge in [0, 0.05) is 17.1 Å². The molecule has 4 rings (SSSR count). The van der Waals surface area contributed by atoms with Crippen LogP contribution in [-0.2, 0) is 16.3 Å². The second kappa shape index (κ2) is 7.98. The number of ether oxygens (including phenoxy) is 2. The van der Waals surface area contributed by atoms with Gasteiger partial charge in [0.15, 0.2) is 6.61 Å². The Morgan fingerprint density at radius 1 is 1.18 bits per heavy atom. The van der Waals surface area contributed by atoms with E-state index in [2.05, 4.69) is 5.32 Å². The lowest BCUT2D eigenvalue weighted by Crippen LogP contribution is -2.22. The van der Waals surface area contributed by atoms with Crippen LogP contribution >= 0.6 is 11.8 Å². The fourth-order valence-electron chi connectivity index (χ4n) is 3.08. The number of aromatic nitrogens is 2. The van der Waals surface area contributed by atoms with Crippen molar-refractivity contribution in [3.63, 3.8) is 0 Å². The first-order valence-electron chi connectivity index (χ1n) is 8.97. The summed E-state index contributed by atoms with van der Waals surface area (Å²) in [6, 6.07) is 15.3. The van der Waals surface area contributed by atoms with Gasteiger partial charge in [0.2, 0.25) is 0 Å². The number of hydrogen-bond donors (Lipinski definition) is 1. The maximum atomic E-state index is 12.6. The molecule has 1 aliphatic heterocycles. The minimum absolute atomic E-state index is 0.0550. The highest BCUT2D eigenvalue weighted by Gasteiger charge is 2.24. The zero-order valence-corrected chi connectivity index (χ0v) is 16.6. The van der Waals surface area contributed by atoms with Crippen LogP contribution < -0.4 is 14.8 Å². The Labute approximate surface area is 167 Å². The van der Waals surface area contributed by atoms with E-state index in [-0.39, 0.29) is 12.5 Å². The molecule has 2 heterocycles. The highest BCUT2D eigenvalue weighted by Crippen LogP contribution is 2.36. The Bertz CT molecular complexity index is 999. The lowest BCUT2D eigenvalue weighted by atomic mass is 10.2. The molecular formula is C21H21N3O3S. The monoisotopic (exact) mass is 395 g/mol. The fraction of sp³-hybridized carbons (Fsp3) is 0.238. The lowest BCUT2D eigenvalue weighted by Gasteiger charge is -2.13. The van der Waals surface area contributed by atoms with Crippen molar-refractivity contribution >= 4 is 23.5 Å². The first-order valence-corrected chi connectivity index (χ1v) is 10.1. The van der Waals surface area contributed by atoms with Crippen LogP contribution in [0.25, 0.3) is 5.69 Å². The molecule has 2 aromatic carbocycles. The van der Waals surface area contributed by atoms with Crippen molar-refractivity contribution in [2.24, 2.45) is 0 Å². The molecule has 1 aliphatic rings. The number of nitrogens with zero attached hydrogens (tertiary/aromatic N) is 2. The van der Waals surface area contributed by atoms with Gasteiger partial charge in [0.1, 0.15) is 17.3 Å². The van der Waals surface area contributed by atoms with Crippen LogP contribution in [0.15, 0.2) is 48.5 Å². The number of benzene rings is 2. The summed E-state index contributed by atoms with van der Waals surface area (Å²) in [4.78, 5) is 12.6. The Hall–Kier alpha value is -2.93. The van der Waals surface area contributed by atoms with Crippen molar-refractivity contribution in [1.82, 2.24) is 9.78 Å². The van der Waals surface area contributed by atoms with Crippen molar-refractivity contribution in [3.8, 4) is 17.2 Å². The van der Waals surface area contributed by atoms with Crippen LogP contribution in [0.3, 0.4) is 0 Å². The molecule has 0 radical (unpaired) electrons. The van der Waals surface area contributed by atoms with Gasteiger partial charge in [-0.05, 0) is 42.8 Å². The van der Waals surface area contributed by atoms with Crippen LogP contribution in [0.2, 0.25) is 0 Å². The second-order valence-corrected chi connectivity index (χ2v) is 7.46. The molecule has 6 nitrogen and oxygen atoms in total. The van der Waals surface area contributed by atoms with E-state index in [1.165, 1.54) is 0 Å².